The number of hydrogen-bond acceptors (Lipinski definition) is 6. The van der Waals surface area contributed by atoms with E-state index in [-0.39, 0.29) is 5.91 Å². The van der Waals surface area contributed by atoms with Crippen molar-refractivity contribution in [2.45, 2.75) is 18.8 Å². The summed E-state index contributed by atoms with van der Waals surface area (Å²) in [5, 5.41) is 16.9. The number of carbonyl (C=O) groups is 1. The highest BCUT2D eigenvalue weighted by molar-refractivity contribution is 7.14. The van der Waals surface area contributed by atoms with Crippen LogP contribution in [0.2, 0.25) is 0 Å². The molecule has 1 aromatic carbocycles. The zero-order valence-corrected chi connectivity index (χ0v) is 15.8. The first-order valence-electron chi connectivity index (χ1n) is 8.58. The Labute approximate surface area is 163 Å². The molecule has 0 spiro atoms. The van der Waals surface area contributed by atoms with Crippen LogP contribution in [-0.2, 0) is 0 Å². The molecule has 2 N–H and O–H groups in total. The lowest BCUT2D eigenvalue weighted by Gasteiger charge is -2.04. The Bertz CT molecular complexity index is 1090. The van der Waals surface area contributed by atoms with Crippen LogP contribution >= 0.6 is 22.7 Å². The van der Waals surface area contributed by atoms with Gasteiger partial charge in [-0.1, -0.05) is 12.1 Å². The van der Waals surface area contributed by atoms with Crippen LogP contribution in [0.5, 0.6) is 0 Å². The van der Waals surface area contributed by atoms with Crippen LogP contribution in [0.15, 0.2) is 46.5 Å². The minimum Gasteiger partial charge on any atom is -0.321 e. The average molecular weight is 393 g/mol. The van der Waals surface area contributed by atoms with Crippen molar-refractivity contribution in [3.8, 4) is 22.0 Å². The molecule has 0 radical (unpaired) electrons. The van der Waals surface area contributed by atoms with Crippen molar-refractivity contribution in [1.82, 2.24) is 20.2 Å². The molecule has 3 aromatic heterocycles. The first kappa shape index (κ1) is 16.3. The first-order chi connectivity index (χ1) is 13.3. The van der Waals surface area contributed by atoms with Crippen molar-refractivity contribution in [1.29, 1.82) is 0 Å². The fourth-order valence-corrected chi connectivity index (χ4v) is 4.28. The standard InChI is InChI=1S/C19H15N5OS2/c25-18(15-10-27-19(21-15)13-6-7-26-9-13)20-14-3-1-2-12(8-14)17-22-16(23-24-17)11-4-5-11/h1-3,6-11H,4-5H2,(H,20,25)(H,22,23,24). The Morgan fingerprint density at radius 3 is 2.89 bits per heavy atom. The highest BCUT2D eigenvalue weighted by atomic mass is 32.1. The summed E-state index contributed by atoms with van der Waals surface area (Å²) in [4.78, 5) is 21.6. The van der Waals surface area contributed by atoms with Gasteiger partial charge in [0, 0.05) is 33.5 Å². The fourth-order valence-electron chi connectivity index (χ4n) is 2.77. The van der Waals surface area contributed by atoms with Crippen molar-refractivity contribution >= 4 is 34.3 Å². The van der Waals surface area contributed by atoms with E-state index in [0.29, 0.717) is 23.1 Å². The van der Waals surface area contributed by atoms with Crippen LogP contribution in [-0.4, -0.2) is 26.1 Å². The molecule has 0 saturated heterocycles. The minimum absolute atomic E-state index is 0.224. The third-order valence-corrected chi connectivity index (χ3v) is 5.92. The molecule has 0 atom stereocenters. The number of H-pyrrole nitrogens is 1. The van der Waals surface area contributed by atoms with Crippen molar-refractivity contribution < 1.29 is 4.79 Å². The topological polar surface area (TPSA) is 83.6 Å². The third-order valence-electron chi connectivity index (χ3n) is 4.35. The quantitative estimate of drug-likeness (QED) is 0.511. The monoisotopic (exact) mass is 393 g/mol. The Morgan fingerprint density at radius 1 is 1.15 bits per heavy atom. The molecule has 1 aliphatic rings. The lowest BCUT2D eigenvalue weighted by atomic mass is 10.2. The van der Waals surface area contributed by atoms with E-state index in [1.165, 1.54) is 24.2 Å². The Morgan fingerprint density at radius 2 is 2.07 bits per heavy atom. The summed E-state index contributed by atoms with van der Waals surface area (Å²) < 4.78 is 0. The van der Waals surface area contributed by atoms with Crippen LogP contribution in [0.25, 0.3) is 22.0 Å². The molecule has 1 saturated carbocycles. The first-order valence-corrected chi connectivity index (χ1v) is 10.4. The number of thiazole rings is 1. The molecular weight excluding hydrogens is 378 g/mol. The van der Waals surface area contributed by atoms with Gasteiger partial charge in [-0.2, -0.15) is 16.4 Å². The maximum atomic E-state index is 12.5. The number of carbonyl (C=O) groups excluding carboxylic acids is 1. The number of benzene rings is 1. The molecule has 0 unspecified atom stereocenters. The molecule has 27 heavy (non-hydrogen) atoms. The van der Waals surface area contributed by atoms with Gasteiger partial charge in [-0.3, -0.25) is 9.89 Å². The Kier molecular flexibility index (Phi) is 4.06. The molecular formula is C19H15N5OS2. The van der Waals surface area contributed by atoms with Crippen LogP contribution in [0.4, 0.5) is 5.69 Å². The molecule has 1 amide bonds. The van der Waals surface area contributed by atoms with Crippen LogP contribution < -0.4 is 5.32 Å². The Hall–Kier alpha value is -2.84. The number of nitrogens with one attached hydrogen (secondary N) is 2. The molecule has 3 heterocycles. The summed E-state index contributed by atoms with van der Waals surface area (Å²) in [5.41, 5.74) is 3.02. The maximum absolute atomic E-state index is 12.5. The second-order valence-corrected chi connectivity index (χ2v) is 8.04. The van der Waals surface area contributed by atoms with Gasteiger partial charge in [-0.25, -0.2) is 9.97 Å². The number of thiophene rings is 1. The van der Waals surface area contributed by atoms with Crippen molar-refractivity contribution in [2.75, 3.05) is 5.32 Å². The van der Waals surface area contributed by atoms with Crippen LogP contribution in [0.1, 0.15) is 35.1 Å². The molecule has 0 bridgehead atoms. The number of aromatic nitrogens is 4. The predicted octanol–water partition coefficient (Wildman–Crippen LogP) is 4.79. The highest BCUT2D eigenvalue weighted by Gasteiger charge is 2.27. The predicted molar refractivity (Wildman–Crippen MR) is 107 cm³/mol. The normalized spacial score (nSPS) is 13.6. The van der Waals surface area contributed by atoms with Gasteiger partial charge >= 0.3 is 0 Å². The molecule has 1 fully saturated rings. The van der Waals surface area contributed by atoms with E-state index in [1.807, 2.05) is 41.1 Å². The molecule has 4 aromatic rings. The number of anilines is 1. The molecule has 1 aliphatic carbocycles. The summed E-state index contributed by atoms with van der Waals surface area (Å²) in [6.07, 6.45) is 2.34. The van der Waals surface area contributed by atoms with Crippen LogP contribution in [0.3, 0.4) is 0 Å². The van der Waals surface area contributed by atoms with E-state index in [4.69, 9.17) is 0 Å². The molecule has 5 rings (SSSR count). The lowest BCUT2D eigenvalue weighted by molar-refractivity contribution is 0.102. The van der Waals surface area contributed by atoms with E-state index in [2.05, 4.69) is 25.5 Å². The number of amides is 1. The Balaban J connectivity index is 1.33. The van der Waals surface area contributed by atoms with E-state index < -0.39 is 0 Å². The van der Waals surface area contributed by atoms with Crippen molar-refractivity contribution in [3.05, 3.63) is 58.0 Å². The van der Waals surface area contributed by atoms with E-state index in [1.54, 1.807) is 16.7 Å². The molecule has 8 heteroatoms. The molecule has 0 aliphatic heterocycles. The maximum Gasteiger partial charge on any atom is 0.275 e. The van der Waals surface area contributed by atoms with Gasteiger partial charge in [0.05, 0.1) is 0 Å². The van der Waals surface area contributed by atoms with Crippen molar-refractivity contribution in [2.24, 2.45) is 0 Å². The van der Waals surface area contributed by atoms with Gasteiger partial charge in [-0.15, -0.1) is 11.3 Å². The zero-order valence-electron chi connectivity index (χ0n) is 14.2. The van der Waals surface area contributed by atoms with Crippen molar-refractivity contribution in [3.63, 3.8) is 0 Å². The van der Waals surface area contributed by atoms with E-state index in [0.717, 1.165) is 22.0 Å². The average Bonchev–Trinajstić information content (AvgIpc) is 3.14. The zero-order chi connectivity index (χ0) is 18.2. The molecule has 134 valence electrons. The second kappa shape index (κ2) is 6.71. The summed E-state index contributed by atoms with van der Waals surface area (Å²) in [6.45, 7) is 0. The van der Waals surface area contributed by atoms with Crippen LogP contribution in [0, 0.1) is 0 Å². The number of rotatable bonds is 5. The van der Waals surface area contributed by atoms with Gasteiger partial charge in [-0.05, 0) is 36.4 Å². The summed E-state index contributed by atoms with van der Waals surface area (Å²) >= 11 is 3.08. The lowest BCUT2D eigenvalue weighted by Crippen LogP contribution is -2.12. The summed E-state index contributed by atoms with van der Waals surface area (Å²) in [5.74, 6) is 1.90. The SMILES string of the molecule is O=C(Nc1cccc(-c2n[nH]c(C3CC3)n2)c1)c1csc(-c2ccsc2)n1. The van der Waals surface area contributed by atoms with Gasteiger partial charge in [0.2, 0.25) is 0 Å². The molecule has 6 nitrogen and oxygen atoms in total. The van der Waals surface area contributed by atoms with Gasteiger partial charge < -0.3 is 5.32 Å². The largest absolute Gasteiger partial charge is 0.321 e. The van der Waals surface area contributed by atoms with Gasteiger partial charge in [0.25, 0.3) is 5.91 Å². The number of aromatic amines is 1. The summed E-state index contributed by atoms with van der Waals surface area (Å²) in [6, 6.07) is 9.55. The summed E-state index contributed by atoms with van der Waals surface area (Å²) in [7, 11) is 0. The minimum atomic E-state index is -0.224. The van der Waals surface area contributed by atoms with E-state index in [9.17, 15) is 4.79 Å². The van der Waals surface area contributed by atoms with Gasteiger partial charge in [0.15, 0.2) is 5.82 Å². The van der Waals surface area contributed by atoms with E-state index >= 15 is 0 Å². The smallest absolute Gasteiger partial charge is 0.275 e. The highest BCUT2D eigenvalue weighted by Crippen LogP contribution is 2.38. The van der Waals surface area contributed by atoms with Gasteiger partial charge in [0.1, 0.15) is 16.5 Å². The third kappa shape index (κ3) is 3.41. The number of nitrogens with zero attached hydrogens (tertiary/aromatic N) is 3. The fraction of sp³-hybridized carbons (Fsp3) is 0.158. The second-order valence-electron chi connectivity index (χ2n) is 6.40. The number of hydrogen-bond donors (Lipinski definition) is 2.